The number of rotatable bonds is 3. The number of aliphatic hydroxyl groups excluding tert-OH is 1. The van der Waals surface area contributed by atoms with Crippen molar-refractivity contribution in [3.05, 3.63) is 65.9 Å². The average molecular weight is 266 g/mol. The molecule has 1 amide bonds. The number of H-pyrrole nitrogens is 1. The molecule has 0 atom stereocenters. The summed E-state index contributed by atoms with van der Waals surface area (Å²) in [6.45, 7) is -0.0448. The first-order valence-electron chi connectivity index (χ1n) is 6.35. The molecule has 0 unspecified atom stereocenters. The van der Waals surface area contributed by atoms with Crippen molar-refractivity contribution < 1.29 is 9.90 Å². The second kappa shape index (κ2) is 5.19. The summed E-state index contributed by atoms with van der Waals surface area (Å²) >= 11 is 0. The van der Waals surface area contributed by atoms with Gasteiger partial charge in [-0.1, -0.05) is 30.3 Å². The van der Waals surface area contributed by atoms with Gasteiger partial charge in [-0.3, -0.25) is 4.79 Å². The predicted molar refractivity (Wildman–Crippen MR) is 78.6 cm³/mol. The lowest BCUT2D eigenvalue weighted by molar-refractivity contribution is 0.102. The summed E-state index contributed by atoms with van der Waals surface area (Å²) in [6.07, 6.45) is 1.70. The van der Waals surface area contributed by atoms with Gasteiger partial charge in [-0.05, 0) is 23.8 Å². The van der Waals surface area contributed by atoms with Gasteiger partial charge in [0.15, 0.2) is 0 Å². The van der Waals surface area contributed by atoms with E-state index in [0.29, 0.717) is 11.3 Å². The molecular weight excluding hydrogens is 252 g/mol. The lowest BCUT2D eigenvalue weighted by atomic mass is 10.1. The van der Waals surface area contributed by atoms with Crippen LogP contribution in [0, 0.1) is 0 Å². The molecule has 4 nitrogen and oxygen atoms in total. The molecule has 1 aromatic heterocycles. The van der Waals surface area contributed by atoms with Crippen molar-refractivity contribution in [2.24, 2.45) is 0 Å². The summed E-state index contributed by atoms with van der Waals surface area (Å²) in [7, 11) is 0. The zero-order valence-electron chi connectivity index (χ0n) is 10.8. The maximum atomic E-state index is 12.3. The fourth-order valence-corrected chi connectivity index (χ4v) is 2.21. The van der Waals surface area contributed by atoms with Crippen molar-refractivity contribution in [1.82, 2.24) is 4.98 Å². The normalized spacial score (nSPS) is 10.7. The van der Waals surface area contributed by atoms with E-state index < -0.39 is 0 Å². The smallest absolute Gasteiger partial charge is 0.257 e. The Morgan fingerprint density at radius 1 is 1.15 bits per heavy atom. The Bertz CT molecular complexity index is 762. The summed E-state index contributed by atoms with van der Waals surface area (Å²) in [5, 5.41) is 12.8. The topological polar surface area (TPSA) is 65.1 Å². The first kappa shape index (κ1) is 12.4. The fourth-order valence-electron chi connectivity index (χ4n) is 2.21. The number of nitrogens with one attached hydrogen (secondary N) is 2. The Kier molecular flexibility index (Phi) is 3.23. The van der Waals surface area contributed by atoms with E-state index in [1.54, 1.807) is 30.5 Å². The van der Waals surface area contributed by atoms with Crippen LogP contribution in [0.4, 0.5) is 5.69 Å². The number of carbonyl (C=O) groups is 1. The maximum absolute atomic E-state index is 12.3. The van der Waals surface area contributed by atoms with Gasteiger partial charge in [0.2, 0.25) is 0 Å². The number of benzene rings is 2. The Balaban J connectivity index is 1.89. The summed E-state index contributed by atoms with van der Waals surface area (Å²) in [4.78, 5) is 15.4. The number of aliphatic hydroxyl groups is 1. The second-order valence-corrected chi connectivity index (χ2v) is 4.56. The minimum atomic E-state index is -0.169. The summed E-state index contributed by atoms with van der Waals surface area (Å²) in [5.41, 5.74) is 2.98. The summed E-state index contributed by atoms with van der Waals surface area (Å²) in [6, 6.07) is 14.8. The van der Waals surface area contributed by atoms with Crippen LogP contribution >= 0.6 is 0 Å². The van der Waals surface area contributed by atoms with Crippen molar-refractivity contribution in [3.8, 4) is 0 Å². The van der Waals surface area contributed by atoms with Gasteiger partial charge in [0.05, 0.1) is 12.2 Å². The Labute approximate surface area is 116 Å². The number of aromatic amines is 1. The highest BCUT2D eigenvalue weighted by Crippen LogP contribution is 2.19. The monoisotopic (exact) mass is 266 g/mol. The molecule has 0 fully saturated rings. The van der Waals surface area contributed by atoms with Gasteiger partial charge >= 0.3 is 0 Å². The molecule has 0 spiro atoms. The number of fused-ring (bicyclic) bond motifs is 1. The molecule has 3 N–H and O–H groups in total. The van der Waals surface area contributed by atoms with Crippen molar-refractivity contribution in [2.45, 2.75) is 6.61 Å². The molecular formula is C16H14N2O2. The van der Waals surface area contributed by atoms with E-state index in [1.807, 2.05) is 24.3 Å². The van der Waals surface area contributed by atoms with E-state index in [0.717, 1.165) is 16.5 Å². The molecule has 0 saturated carbocycles. The largest absolute Gasteiger partial charge is 0.392 e. The van der Waals surface area contributed by atoms with Crippen LogP contribution in [0.2, 0.25) is 0 Å². The highest BCUT2D eigenvalue weighted by Gasteiger charge is 2.11. The number of amides is 1. The van der Waals surface area contributed by atoms with E-state index >= 15 is 0 Å². The molecule has 3 rings (SSSR count). The molecule has 0 saturated heterocycles. The van der Waals surface area contributed by atoms with Crippen molar-refractivity contribution in [2.75, 3.05) is 5.32 Å². The molecule has 100 valence electrons. The number of aromatic nitrogens is 1. The number of anilines is 1. The molecule has 2 aromatic carbocycles. The second-order valence-electron chi connectivity index (χ2n) is 4.56. The van der Waals surface area contributed by atoms with E-state index in [-0.39, 0.29) is 12.5 Å². The zero-order chi connectivity index (χ0) is 13.9. The zero-order valence-corrected chi connectivity index (χ0v) is 10.8. The highest BCUT2D eigenvalue weighted by molar-refractivity contribution is 6.12. The molecule has 1 heterocycles. The third-order valence-corrected chi connectivity index (χ3v) is 3.20. The molecule has 0 aliphatic heterocycles. The first-order valence-corrected chi connectivity index (χ1v) is 6.35. The van der Waals surface area contributed by atoms with Crippen molar-refractivity contribution >= 4 is 22.5 Å². The molecule has 3 aromatic rings. The Morgan fingerprint density at radius 2 is 2.00 bits per heavy atom. The summed E-state index contributed by atoms with van der Waals surface area (Å²) in [5.74, 6) is -0.169. The molecule has 4 heteroatoms. The maximum Gasteiger partial charge on any atom is 0.257 e. The Hall–Kier alpha value is -2.59. The Morgan fingerprint density at radius 3 is 2.85 bits per heavy atom. The van der Waals surface area contributed by atoms with E-state index in [2.05, 4.69) is 10.3 Å². The van der Waals surface area contributed by atoms with Crippen LogP contribution < -0.4 is 5.32 Å². The standard InChI is InChI=1S/C16H14N2O2/c19-10-11-4-3-5-12(8-11)18-16(20)14-9-17-15-7-2-1-6-13(14)15/h1-9,17,19H,10H2,(H,18,20). The molecule has 0 aliphatic rings. The summed E-state index contributed by atoms with van der Waals surface area (Å²) < 4.78 is 0. The minimum absolute atomic E-state index is 0.0448. The number of carbonyl (C=O) groups excluding carboxylic acids is 1. The molecule has 0 aliphatic carbocycles. The van der Waals surface area contributed by atoms with Crippen molar-refractivity contribution in [3.63, 3.8) is 0 Å². The van der Waals surface area contributed by atoms with Crippen LogP contribution in [0.25, 0.3) is 10.9 Å². The lowest BCUT2D eigenvalue weighted by Crippen LogP contribution is -2.11. The SMILES string of the molecule is O=C(Nc1cccc(CO)c1)c1c[nH]c2ccccc12. The number of hydrogen-bond donors (Lipinski definition) is 3. The minimum Gasteiger partial charge on any atom is -0.392 e. The molecule has 0 bridgehead atoms. The average Bonchev–Trinajstić information content (AvgIpc) is 2.91. The lowest BCUT2D eigenvalue weighted by Gasteiger charge is -2.05. The van der Waals surface area contributed by atoms with E-state index in [9.17, 15) is 4.79 Å². The molecule has 0 radical (unpaired) electrons. The van der Waals surface area contributed by atoms with Crippen LogP contribution in [0.1, 0.15) is 15.9 Å². The van der Waals surface area contributed by atoms with Gasteiger partial charge < -0.3 is 15.4 Å². The van der Waals surface area contributed by atoms with Crippen LogP contribution in [-0.4, -0.2) is 16.0 Å². The van der Waals surface area contributed by atoms with Gasteiger partial charge in [0.1, 0.15) is 0 Å². The molecule has 20 heavy (non-hydrogen) atoms. The first-order chi connectivity index (χ1) is 9.78. The van der Waals surface area contributed by atoms with Gasteiger partial charge in [0, 0.05) is 22.8 Å². The highest BCUT2D eigenvalue weighted by atomic mass is 16.3. The quantitative estimate of drug-likeness (QED) is 0.682. The van der Waals surface area contributed by atoms with Crippen LogP contribution in [-0.2, 0) is 6.61 Å². The number of para-hydroxylation sites is 1. The van der Waals surface area contributed by atoms with Gasteiger partial charge in [0.25, 0.3) is 5.91 Å². The van der Waals surface area contributed by atoms with Crippen LogP contribution in [0.15, 0.2) is 54.7 Å². The van der Waals surface area contributed by atoms with Crippen LogP contribution in [0.3, 0.4) is 0 Å². The third kappa shape index (κ3) is 2.29. The van der Waals surface area contributed by atoms with E-state index in [4.69, 9.17) is 5.11 Å². The van der Waals surface area contributed by atoms with Gasteiger partial charge in [-0.2, -0.15) is 0 Å². The van der Waals surface area contributed by atoms with Crippen LogP contribution in [0.5, 0.6) is 0 Å². The van der Waals surface area contributed by atoms with Gasteiger partial charge in [-0.15, -0.1) is 0 Å². The van der Waals surface area contributed by atoms with Gasteiger partial charge in [-0.25, -0.2) is 0 Å². The van der Waals surface area contributed by atoms with E-state index in [1.165, 1.54) is 0 Å². The third-order valence-electron chi connectivity index (χ3n) is 3.20. The predicted octanol–water partition coefficient (Wildman–Crippen LogP) is 2.91. The van der Waals surface area contributed by atoms with Crippen molar-refractivity contribution in [1.29, 1.82) is 0 Å². The fraction of sp³-hybridized carbons (Fsp3) is 0.0625. The number of hydrogen-bond acceptors (Lipinski definition) is 2.